The van der Waals surface area contributed by atoms with Gasteiger partial charge in [0.1, 0.15) is 5.69 Å². The van der Waals surface area contributed by atoms with Gasteiger partial charge in [0, 0.05) is 14.1 Å². The second-order valence-corrected chi connectivity index (χ2v) is 3.35. The molecular weight excluding hydrogens is 210 g/mol. The van der Waals surface area contributed by atoms with Gasteiger partial charge >= 0.3 is 0 Å². The molecule has 0 aromatic heterocycles. The summed E-state index contributed by atoms with van der Waals surface area (Å²) in [6, 6.07) is 4.23. The SMILES string of the molecule is CN(C)C(=O)c1cccc(N=O)c1C(N)=O. The van der Waals surface area contributed by atoms with Crippen LogP contribution in [0.2, 0.25) is 0 Å². The van der Waals surface area contributed by atoms with Gasteiger partial charge in [0.25, 0.3) is 11.8 Å². The number of nitroso groups, excluding NO2 is 1. The standard InChI is InChI=1S/C10H11N3O3/c1-13(2)10(15)6-4-3-5-7(12-16)8(6)9(11)14/h3-5H,1-2H3,(H2,11,14). The minimum atomic E-state index is -0.847. The molecule has 0 radical (unpaired) electrons. The van der Waals surface area contributed by atoms with Gasteiger partial charge in [-0.15, -0.1) is 4.91 Å². The third-order valence-electron chi connectivity index (χ3n) is 2.02. The van der Waals surface area contributed by atoms with E-state index in [1.807, 2.05) is 0 Å². The molecule has 0 atom stereocenters. The van der Waals surface area contributed by atoms with Crippen molar-refractivity contribution < 1.29 is 9.59 Å². The fraction of sp³-hybridized carbons (Fsp3) is 0.200. The van der Waals surface area contributed by atoms with Crippen molar-refractivity contribution in [2.75, 3.05) is 14.1 Å². The van der Waals surface area contributed by atoms with Gasteiger partial charge in [-0.05, 0) is 17.3 Å². The molecule has 1 aromatic rings. The number of benzene rings is 1. The average Bonchev–Trinajstić information content (AvgIpc) is 2.26. The largest absolute Gasteiger partial charge is 0.366 e. The molecule has 1 aromatic carbocycles. The van der Waals surface area contributed by atoms with Crippen LogP contribution in [0, 0.1) is 4.91 Å². The van der Waals surface area contributed by atoms with Gasteiger partial charge in [-0.3, -0.25) is 9.59 Å². The van der Waals surface area contributed by atoms with Gasteiger partial charge in [-0.2, -0.15) is 0 Å². The maximum atomic E-state index is 11.7. The number of hydrogen-bond acceptors (Lipinski definition) is 4. The number of amides is 2. The Balaban J connectivity index is 3.44. The number of hydrogen-bond donors (Lipinski definition) is 1. The molecule has 2 N–H and O–H groups in total. The van der Waals surface area contributed by atoms with Gasteiger partial charge in [0.2, 0.25) is 0 Å². The van der Waals surface area contributed by atoms with E-state index in [2.05, 4.69) is 5.18 Å². The lowest BCUT2D eigenvalue weighted by Gasteiger charge is -2.12. The van der Waals surface area contributed by atoms with Crippen molar-refractivity contribution in [2.24, 2.45) is 10.9 Å². The van der Waals surface area contributed by atoms with Crippen molar-refractivity contribution in [1.29, 1.82) is 0 Å². The zero-order chi connectivity index (χ0) is 12.3. The summed E-state index contributed by atoms with van der Waals surface area (Å²) in [6.45, 7) is 0. The molecule has 0 saturated carbocycles. The Morgan fingerprint density at radius 1 is 1.31 bits per heavy atom. The molecular formula is C10H11N3O3. The number of rotatable bonds is 3. The van der Waals surface area contributed by atoms with Crippen LogP contribution in [0.5, 0.6) is 0 Å². The summed E-state index contributed by atoms with van der Waals surface area (Å²) in [5.41, 5.74) is 4.93. The van der Waals surface area contributed by atoms with E-state index in [-0.39, 0.29) is 16.8 Å². The first kappa shape index (κ1) is 11.8. The van der Waals surface area contributed by atoms with Crippen molar-refractivity contribution in [3.05, 3.63) is 34.2 Å². The Bertz CT molecular complexity index is 455. The van der Waals surface area contributed by atoms with Crippen LogP contribution >= 0.6 is 0 Å². The van der Waals surface area contributed by atoms with Crippen molar-refractivity contribution in [3.8, 4) is 0 Å². The highest BCUT2D eigenvalue weighted by Crippen LogP contribution is 2.22. The zero-order valence-electron chi connectivity index (χ0n) is 8.93. The van der Waals surface area contributed by atoms with E-state index in [4.69, 9.17) is 5.73 Å². The fourth-order valence-electron chi connectivity index (χ4n) is 1.29. The lowest BCUT2D eigenvalue weighted by atomic mass is 10.0. The minimum Gasteiger partial charge on any atom is -0.366 e. The summed E-state index contributed by atoms with van der Waals surface area (Å²) in [7, 11) is 3.07. The second kappa shape index (κ2) is 4.52. The molecule has 0 spiro atoms. The van der Waals surface area contributed by atoms with Crippen LogP contribution in [0.15, 0.2) is 23.4 Å². The maximum Gasteiger partial charge on any atom is 0.254 e. The average molecular weight is 221 g/mol. The molecule has 6 heteroatoms. The van der Waals surface area contributed by atoms with Crippen LogP contribution < -0.4 is 5.73 Å². The zero-order valence-corrected chi connectivity index (χ0v) is 8.93. The Morgan fingerprint density at radius 3 is 2.38 bits per heavy atom. The molecule has 0 fully saturated rings. The first-order valence-electron chi connectivity index (χ1n) is 4.47. The predicted molar refractivity (Wildman–Crippen MR) is 58.4 cm³/mol. The van der Waals surface area contributed by atoms with E-state index < -0.39 is 11.8 Å². The van der Waals surface area contributed by atoms with Gasteiger partial charge in [-0.1, -0.05) is 6.07 Å². The first-order valence-corrected chi connectivity index (χ1v) is 4.47. The summed E-state index contributed by atoms with van der Waals surface area (Å²) < 4.78 is 0. The summed E-state index contributed by atoms with van der Waals surface area (Å²) >= 11 is 0. The number of carbonyl (C=O) groups is 2. The molecule has 2 amide bonds. The van der Waals surface area contributed by atoms with E-state index in [0.29, 0.717) is 0 Å². The number of primary amides is 1. The Kier molecular flexibility index (Phi) is 3.34. The lowest BCUT2D eigenvalue weighted by Crippen LogP contribution is -2.25. The van der Waals surface area contributed by atoms with Gasteiger partial charge in [-0.25, -0.2) is 0 Å². The van der Waals surface area contributed by atoms with Crippen LogP contribution in [0.3, 0.4) is 0 Å². The highest BCUT2D eigenvalue weighted by molar-refractivity contribution is 6.09. The van der Waals surface area contributed by atoms with Crippen molar-refractivity contribution >= 4 is 17.5 Å². The maximum absolute atomic E-state index is 11.7. The van der Waals surface area contributed by atoms with Gasteiger partial charge < -0.3 is 10.6 Å². The van der Waals surface area contributed by atoms with E-state index >= 15 is 0 Å². The highest BCUT2D eigenvalue weighted by atomic mass is 16.3. The summed E-state index contributed by atoms with van der Waals surface area (Å²) in [4.78, 5) is 34.7. The number of nitrogens with zero attached hydrogens (tertiary/aromatic N) is 2. The van der Waals surface area contributed by atoms with Crippen molar-refractivity contribution in [1.82, 2.24) is 4.90 Å². The summed E-state index contributed by atoms with van der Waals surface area (Å²) in [6.07, 6.45) is 0. The molecule has 1 rings (SSSR count). The van der Waals surface area contributed by atoms with E-state index in [1.165, 1.54) is 37.2 Å². The van der Waals surface area contributed by atoms with Crippen LogP contribution in [-0.4, -0.2) is 30.8 Å². The molecule has 16 heavy (non-hydrogen) atoms. The molecule has 0 aliphatic rings. The van der Waals surface area contributed by atoms with Gasteiger partial charge in [0.05, 0.1) is 11.1 Å². The summed E-state index contributed by atoms with van der Waals surface area (Å²) in [5.74, 6) is -1.25. The third kappa shape index (κ3) is 2.05. The van der Waals surface area contributed by atoms with Crippen LogP contribution in [0.4, 0.5) is 5.69 Å². The molecule has 0 unspecified atom stereocenters. The van der Waals surface area contributed by atoms with Crippen molar-refractivity contribution in [3.63, 3.8) is 0 Å². The Labute approximate surface area is 92.0 Å². The van der Waals surface area contributed by atoms with Crippen LogP contribution in [0.1, 0.15) is 20.7 Å². The monoisotopic (exact) mass is 221 g/mol. The van der Waals surface area contributed by atoms with Crippen molar-refractivity contribution in [2.45, 2.75) is 0 Å². The van der Waals surface area contributed by atoms with E-state index in [0.717, 1.165) is 0 Å². The van der Waals surface area contributed by atoms with Crippen LogP contribution in [0.25, 0.3) is 0 Å². The molecule has 0 aliphatic heterocycles. The number of nitrogens with two attached hydrogens (primary N) is 1. The molecule has 0 aliphatic carbocycles. The highest BCUT2D eigenvalue weighted by Gasteiger charge is 2.20. The van der Waals surface area contributed by atoms with E-state index in [1.54, 1.807) is 0 Å². The molecule has 84 valence electrons. The first-order chi connectivity index (χ1) is 7.49. The molecule has 0 bridgehead atoms. The quantitative estimate of drug-likeness (QED) is 0.768. The molecule has 6 nitrogen and oxygen atoms in total. The Hall–Kier alpha value is -2.24. The molecule has 0 heterocycles. The predicted octanol–water partition coefficient (Wildman–Crippen LogP) is 0.885. The number of carbonyl (C=O) groups excluding carboxylic acids is 2. The third-order valence-corrected chi connectivity index (χ3v) is 2.02. The lowest BCUT2D eigenvalue weighted by molar-refractivity contribution is 0.0821. The van der Waals surface area contributed by atoms with Gasteiger partial charge in [0.15, 0.2) is 0 Å². The van der Waals surface area contributed by atoms with Crippen LogP contribution in [-0.2, 0) is 0 Å². The molecule has 0 saturated heterocycles. The Morgan fingerprint density at radius 2 is 1.94 bits per heavy atom. The minimum absolute atomic E-state index is 0.0783. The normalized spacial score (nSPS) is 9.62. The smallest absolute Gasteiger partial charge is 0.254 e. The fourth-order valence-corrected chi connectivity index (χ4v) is 1.29. The van der Waals surface area contributed by atoms with E-state index in [9.17, 15) is 14.5 Å². The summed E-state index contributed by atoms with van der Waals surface area (Å²) in [5, 5.41) is 2.67. The topological polar surface area (TPSA) is 92.8 Å². The second-order valence-electron chi connectivity index (χ2n) is 3.35.